The lowest BCUT2D eigenvalue weighted by Crippen LogP contribution is -2.16. The van der Waals surface area contributed by atoms with Gasteiger partial charge in [-0.2, -0.15) is 0 Å². The summed E-state index contributed by atoms with van der Waals surface area (Å²) in [5.74, 6) is 0.872. The molecule has 0 spiro atoms. The van der Waals surface area contributed by atoms with Crippen LogP contribution < -0.4 is 10.1 Å². The summed E-state index contributed by atoms with van der Waals surface area (Å²) in [6, 6.07) is 3.84. The van der Waals surface area contributed by atoms with Crippen LogP contribution in [0, 0.1) is 6.92 Å². The Bertz CT molecular complexity index is 443. The lowest BCUT2D eigenvalue weighted by molar-refractivity contribution is 0.0933. The van der Waals surface area contributed by atoms with Crippen molar-refractivity contribution >= 4 is 11.5 Å². The van der Waals surface area contributed by atoms with Crippen LogP contribution in [-0.4, -0.2) is 32.7 Å². The van der Waals surface area contributed by atoms with E-state index in [1.807, 2.05) is 19.1 Å². The molecule has 0 amide bonds. The Morgan fingerprint density at radius 1 is 1.44 bits per heavy atom. The number of methoxy groups -OCH3 is 1. The number of fused-ring (bicyclic) bond motifs is 1. The molecule has 0 saturated heterocycles. The van der Waals surface area contributed by atoms with Gasteiger partial charge in [-0.1, -0.05) is 0 Å². The van der Waals surface area contributed by atoms with Gasteiger partial charge in [-0.05, 0) is 25.0 Å². The number of aryl methyl sites for hydroxylation is 1. The zero-order valence-electron chi connectivity index (χ0n) is 10.9. The standard InChI is InChI=1S/C14H19NO3/c1-10-8-11-13(16)4-7-18-14(11)9-12(10)15-5-3-6-17-2/h8-9,15H,3-7H2,1-2H3. The normalized spacial score (nSPS) is 14.0. The van der Waals surface area contributed by atoms with Gasteiger partial charge in [0, 0.05) is 38.4 Å². The van der Waals surface area contributed by atoms with Crippen molar-refractivity contribution in [2.45, 2.75) is 19.8 Å². The predicted molar refractivity (Wildman–Crippen MR) is 70.6 cm³/mol. The van der Waals surface area contributed by atoms with Gasteiger partial charge in [0.15, 0.2) is 5.78 Å². The smallest absolute Gasteiger partial charge is 0.170 e. The Morgan fingerprint density at radius 2 is 2.28 bits per heavy atom. The number of benzene rings is 1. The van der Waals surface area contributed by atoms with Crippen LogP contribution in [0.4, 0.5) is 5.69 Å². The number of ether oxygens (including phenoxy) is 2. The highest BCUT2D eigenvalue weighted by molar-refractivity contribution is 6.00. The van der Waals surface area contributed by atoms with Crippen LogP contribution in [-0.2, 0) is 4.74 Å². The molecule has 0 fully saturated rings. The van der Waals surface area contributed by atoms with Crippen molar-refractivity contribution in [3.05, 3.63) is 23.3 Å². The van der Waals surface area contributed by atoms with Gasteiger partial charge in [0.25, 0.3) is 0 Å². The van der Waals surface area contributed by atoms with E-state index in [0.29, 0.717) is 24.3 Å². The number of rotatable bonds is 5. The topological polar surface area (TPSA) is 47.6 Å². The average Bonchev–Trinajstić information content (AvgIpc) is 2.36. The Hall–Kier alpha value is -1.55. The molecule has 1 aliphatic rings. The zero-order valence-corrected chi connectivity index (χ0v) is 10.9. The quantitative estimate of drug-likeness (QED) is 0.814. The van der Waals surface area contributed by atoms with Gasteiger partial charge in [-0.3, -0.25) is 4.79 Å². The molecule has 0 unspecified atom stereocenters. The summed E-state index contributed by atoms with van der Waals surface area (Å²) in [6.07, 6.45) is 1.43. The van der Waals surface area contributed by atoms with E-state index in [2.05, 4.69) is 5.32 Å². The molecule has 0 aromatic heterocycles. The van der Waals surface area contributed by atoms with E-state index in [4.69, 9.17) is 9.47 Å². The van der Waals surface area contributed by atoms with Crippen LogP contribution in [0.3, 0.4) is 0 Å². The van der Waals surface area contributed by atoms with Crippen molar-refractivity contribution < 1.29 is 14.3 Å². The summed E-state index contributed by atoms with van der Waals surface area (Å²) in [7, 11) is 1.70. The fraction of sp³-hybridized carbons (Fsp3) is 0.500. The first kappa shape index (κ1) is 12.9. The lowest BCUT2D eigenvalue weighted by atomic mass is 10.0. The third kappa shape index (κ3) is 2.82. The van der Waals surface area contributed by atoms with Gasteiger partial charge in [0.05, 0.1) is 12.2 Å². The summed E-state index contributed by atoms with van der Waals surface area (Å²) in [5.41, 5.74) is 2.81. The van der Waals surface area contributed by atoms with E-state index in [0.717, 1.165) is 30.8 Å². The highest BCUT2D eigenvalue weighted by atomic mass is 16.5. The number of hydrogen-bond donors (Lipinski definition) is 1. The number of carbonyl (C=O) groups is 1. The van der Waals surface area contributed by atoms with E-state index >= 15 is 0 Å². The first-order valence-corrected chi connectivity index (χ1v) is 6.26. The van der Waals surface area contributed by atoms with Crippen LogP contribution in [0.2, 0.25) is 0 Å². The predicted octanol–water partition coefficient (Wildman–Crippen LogP) is 2.41. The molecule has 0 bridgehead atoms. The molecule has 1 aromatic rings. The largest absolute Gasteiger partial charge is 0.492 e. The first-order valence-electron chi connectivity index (χ1n) is 6.26. The summed E-state index contributed by atoms with van der Waals surface area (Å²) < 4.78 is 10.5. The van der Waals surface area contributed by atoms with Crippen LogP contribution in [0.5, 0.6) is 5.75 Å². The summed E-state index contributed by atoms with van der Waals surface area (Å²) in [5, 5.41) is 3.34. The fourth-order valence-electron chi connectivity index (χ4n) is 2.04. The molecule has 18 heavy (non-hydrogen) atoms. The molecule has 1 aromatic carbocycles. The van der Waals surface area contributed by atoms with E-state index in [1.54, 1.807) is 7.11 Å². The molecule has 1 aliphatic heterocycles. The summed E-state index contributed by atoms with van der Waals surface area (Å²) in [4.78, 5) is 11.7. The minimum Gasteiger partial charge on any atom is -0.492 e. The minimum absolute atomic E-state index is 0.172. The van der Waals surface area contributed by atoms with Crippen LogP contribution >= 0.6 is 0 Å². The minimum atomic E-state index is 0.172. The molecule has 0 aliphatic carbocycles. The van der Waals surface area contributed by atoms with E-state index in [1.165, 1.54) is 0 Å². The third-order valence-electron chi connectivity index (χ3n) is 3.05. The van der Waals surface area contributed by atoms with E-state index < -0.39 is 0 Å². The maximum Gasteiger partial charge on any atom is 0.170 e. The van der Waals surface area contributed by atoms with Gasteiger partial charge < -0.3 is 14.8 Å². The highest BCUT2D eigenvalue weighted by Gasteiger charge is 2.19. The van der Waals surface area contributed by atoms with Crippen LogP contribution in [0.1, 0.15) is 28.8 Å². The number of nitrogens with one attached hydrogen (secondary N) is 1. The number of anilines is 1. The van der Waals surface area contributed by atoms with Gasteiger partial charge in [0.2, 0.25) is 0 Å². The maximum atomic E-state index is 11.7. The maximum absolute atomic E-state index is 11.7. The first-order chi connectivity index (χ1) is 8.72. The van der Waals surface area contributed by atoms with Crippen LogP contribution in [0.15, 0.2) is 12.1 Å². The van der Waals surface area contributed by atoms with Crippen molar-refractivity contribution in [1.29, 1.82) is 0 Å². The summed E-state index contributed by atoms with van der Waals surface area (Å²) in [6.45, 7) is 4.08. The fourth-order valence-corrected chi connectivity index (χ4v) is 2.04. The van der Waals surface area contributed by atoms with Crippen molar-refractivity contribution in [2.24, 2.45) is 0 Å². The Kier molecular flexibility index (Phi) is 4.20. The third-order valence-corrected chi connectivity index (χ3v) is 3.05. The number of ketones is 1. The van der Waals surface area contributed by atoms with Crippen molar-refractivity contribution in [3.8, 4) is 5.75 Å². The molecule has 0 saturated carbocycles. The Morgan fingerprint density at radius 3 is 3.06 bits per heavy atom. The zero-order chi connectivity index (χ0) is 13.0. The Labute approximate surface area is 107 Å². The monoisotopic (exact) mass is 249 g/mol. The molecule has 98 valence electrons. The molecule has 2 rings (SSSR count). The molecule has 1 heterocycles. The summed E-state index contributed by atoms with van der Waals surface area (Å²) >= 11 is 0. The molecule has 4 nitrogen and oxygen atoms in total. The van der Waals surface area contributed by atoms with Gasteiger partial charge >= 0.3 is 0 Å². The molecule has 0 atom stereocenters. The SMILES string of the molecule is COCCCNc1cc2c(cc1C)C(=O)CCO2. The highest BCUT2D eigenvalue weighted by Crippen LogP contribution is 2.30. The second kappa shape index (κ2) is 5.87. The number of Topliss-reactive ketones (excluding diaryl/α,β-unsaturated/α-hetero) is 1. The average molecular weight is 249 g/mol. The molecule has 4 heteroatoms. The van der Waals surface area contributed by atoms with E-state index in [9.17, 15) is 4.79 Å². The van der Waals surface area contributed by atoms with Crippen molar-refractivity contribution in [2.75, 3.05) is 32.2 Å². The molecule has 1 N–H and O–H groups in total. The van der Waals surface area contributed by atoms with E-state index in [-0.39, 0.29) is 5.78 Å². The number of carbonyl (C=O) groups excluding carboxylic acids is 1. The number of hydrogen-bond acceptors (Lipinski definition) is 4. The Balaban J connectivity index is 2.10. The second-order valence-corrected chi connectivity index (χ2v) is 4.46. The molecular weight excluding hydrogens is 230 g/mol. The molecule has 0 radical (unpaired) electrons. The van der Waals surface area contributed by atoms with Gasteiger partial charge in [-0.25, -0.2) is 0 Å². The second-order valence-electron chi connectivity index (χ2n) is 4.46. The van der Waals surface area contributed by atoms with Crippen molar-refractivity contribution in [3.63, 3.8) is 0 Å². The van der Waals surface area contributed by atoms with Gasteiger partial charge in [0.1, 0.15) is 5.75 Å². The van der Waals surface area contributed by atoms with Gasteiger partial charge in [-0.15, -0.1) is 0 Å². The molecular formula is C14H19NO3. The lowest BCUT2D eigenvalue weighted by Gasteiger charge is -2.19. The van der Waals surface area contributed by atoms with Crippen LogP contribution in [0.25, 0.3) is 0 Å². The van der Waals surface area contributed by atoms with Crippen molar-refractivity contribution in [1.82, 2.24) is 0 Å².